The maximum atomic E-state index is 6.69. The van der Waals surface area contributed by atoms with Crippen molar-refractivity contribution in [3.63, 3.8) is 0 Å². The standard InChI is InChI=1S/C68H46N2O2Si/c1-73(2)64-33-17-26-53-58-41-56(43-34-36-46(37-35-43)69(44-18-5-3-6-19-44)60-29-15-27-54-50-24-11-13-31-62(50)71-67(54)60)48-22-9-10-23-49(48)57(58)42-59(66(53)64)52-39-38-47(40-65(52)73)70(45-20-7-4-8-21-45)61-30-16-28-55-51-25-12-14-32-63(51)72-68(55)61/h3-42H,1-2H3. The molecule has 2 aromatic heterocycles. The fourth-order valence-corrected chi connectivity index (χ4v) is 15.3. The first-order valence-electron chi connectivity index (χ1n) is 25.2. The highest BCUT2D eigenvalue weighted by atomic mass is 28.3. The highest BCUT2D eigenvalue weighted by Gasteiger charge is 2.37. The molecule has 5 heteroatoms. The molecular weight excluding hydrogens is 905 g/mol. The van der Waals surface area contributed by atoms with Crippen LogP contribution in [0.15, 0.2) is 251 Å². The average Bonchev–Trinajstić information content (AvgIpc) is 4.05. The zero-order valence-corrected chi connectivity index (χ0v) is 41.3. The maximum Gasteiger partial charge on any atom is 0.159 e. The molecule has 12 aromatic carbocycles. The van der Waals surface area contributed by atoms with Crippen LogP contribution in [-0.4, -0.2) is 8.07 Å². The number of nitrogens with zero attached hydrogens (tertiary/aromatic N) is 2. The van der Waals surface area contributed by atoms with E-state index in [1.807, 2.05) is 12.1 Å². The third-order valence-corrected chi connectivity index (χ3v) is 19.1. The predicted octanol–water partition coefficient (Wildman–Crippen LogP) is 18.4. The van der Waals surface area contributed by atoms with Crippen LogP contribution < -0.4 is 20.2 Å². The molecule has 0 amide bonds. The molecule has 73 heavy (non-hydrogen) atoms. The highest BCUT2D eigenvalue weighted by molar-refractivity contribution is 7.03. The minimum Gasteiger partial charge on any atom is -0.454 e. The van der Waals surface area contributed by atoms with Gasteiger partial charge in [0.1, 0.15) is 19.2 Å². The number of fused-ring (bicyclic) bond motifs is 12. The summed E-state index contributed by atoms with van der Waals surface area (Å²) in [6.45, 7) is 5.07. The van der Waals surface area contributed by atoms with Crippen LogP contribution in [0.4, 0.5) is 34.1 Å². The quantitative estimate of drug-likeness (QED) is 0.118. The maximum absolute atomic E-state index is 6.69. The molecular formula is C68H46N2O2Si. The minimum absolute atomic E-state index is 0.871. The van der Waals surface area contributed by atoms with Crippen molar-refractivity contribution in [3.05, 3.63) is 243 Å². The Labute approximate surface area is 423 Å². The van der Waals surface area contributed by atoms with E-state index in [0.29, 0.717) is 0 Å². The van der Waals surface area contributed by atoms with E-state index in [-0.39, 0.29) is 0 Å². The summed E-state index contributed by atoms with van der Waals surface area (Å²) in [6, 6.07) is 88.3. The Kier molecular flexibility index (Phi) is 9.08. The Morgan fingerprint density at radius 1 is 0.301 bits per heavy atom. The summed E-state index contributed by atoms with van der Waals surface area (Å²) in [5.41, 5.74) is 14.9. The number of rotatable bonds is 7. The molecule has 0 unspecified atom stereocenters. The number of anilines is 6. The second-order valence-electron chi connectivity index (χ2n) is 20.0. The first-order valence-corrected chi connectivity index (χ1v) is 28.2. The highest BCUT2D eigenvalue weighted by Crippen LogP contribution is 2.48. The van der Waals surface area contributed by atoms with Gasteiger partial charge in [-0.3, -0.25) is 0 Å². The van der Waals surface area contributed by atoms with Gasteiger partial charge in [-0.25, -0.2) is 0 Å². The van der Waals surface area contributed by atoms with Crippen molar-refractivity contribution in [1.82, 2.24) is 0 Å². The molecule has 0 aliphatic carbocycles. The van der Waals surface area contributed by atoms with E-state index < -0.39 is 8.07 Å². The first kappa shape index (κ1) is 41.6. The zero-order valence-electron chi connectivity index (χ0n) is 40.3. The lowest BCUT2D eigenvalue weighted by Crippen LogP contribution is -2.56. The molecule has 0 saturated heterocycles. The Morgan fingerprint density at radius 3 is 1.40 bits per heavy atom. The fraction of sp³-hybridized carbons (Fsp3) is 0.0294. The second kappa shape index (κ2) is 15.9. The van der Waals surface area contributed by atoms with Gasteiger partial charge >= 0.3 is 0 Å². The summed E-state index contributed by atoms with van der Waals surface area (Å²) in [5.74, 6) is 0. The second-order valence-corrected chi connectivity index (χ2v) is 24.3. The monoisotopic (exact) mass is 950 g/mol. The summed E-state index contributed by atoms with van der Waals surface area (Å²) < 4.78 is 13.3. The fourth-order valence-electron chi connectivity index (χ4n) is 12.2. The van der Waals surface area contributed by atoms with Crippen molar-refractivity contribution in [2.45, 2.75) is 13.1 Å². The Morgan fingerprint density at radius 2 is 0.767 bits per heavy atom. The van der Waals surface area contributed by atoms with E-state index in [2.05, 4.69) is 253 Å². The van der Waals surface area contributed by atoms with Gasteiger partial charge in [-0.15, -0.1) is 0 Å². The van der Waals surface area contributed by atoms with Crippen LogP contribution in [0.25, 0.3) is 98.4 Å². The van der Waals surface area contributed by atoms with Crippen molar-refractivity contribution >= 4 is 129 Å². The topological polar surface area (TPSA) is 32.8 Å². The van der Waals surface area contributed by atoms with Gasteiger partial charge in [-0.2, -0.15) is 0 Å². The van der Waals surface area contributed by atoms with Gasteiger partial charge in [-0.1, -0.05) is 171 Å². The SMILES string of the molecule is C[Si]1(C)c2cc(N(c3ccccc3)c3cccc4c3oc3ccccc34)ccc2-c2cc3c4ccccc4c(-c4ccc(N(c5ccccc5)c5cccc6c5oc5ccccc56)cc4)cc3c3cccc1c23. The molecule has 0 atom stereocenters. The van der Waals surface area contributed by atoms with Gasteiger partial charge in [0.25, 0.3) is 0 Å². The van der Waals surface area contributed by atoms with Crippen LogP contribution in [0.1, 0.15) is 0 Å². The molecule has 14 aromatic rings. The number of hydrogen-bond acceptors (Lipinski definition) is 4. The molecule has 4 nitrogen and oxygen atoms in total. The lowest BCUT2D eigenvalue weighted by atomic mass is 9.87. The molecule has 0 fully saturated rings. The largest absolute Gasteiger partial charge is 0.454 e. The third-order valence-electron chi connectivity index (χ3n) is 15.6. The van der Waals surface area contributed by atoms with E-state index in [1.165, 1.54) is 64.9 Å². The average molecular weight is 951 g/mol. The Balaban J connectivity index is 0.886. The van der Waals surface area contributed by atoms with Crippen LogP contribution in [-0.2, 0) is 0 Å². The van der Waals surface area contributed by atoms with E-state index in [4.69, 9.17) is 8.83 Å². The Bertz CT molecular complexity index is 4540. The third kappa shape index (κ3) is 6.25. The molecule has 0 bridgehead atoms. The molecule has 1 aliphatic rings. The van der Waals surface area contributed by atoms with E-state index >= 15 is 0 Å². The summed E-state index contributed by atoms with van der Waals surface area (Å²) in [7, 11) is -2.30. The van der Waals surface area contributed by atoms with Crippen molar-refractivity contribution in [2.75, 3.05) is 9.80 Å². The van der Waals surface area contributed by atoms with Gasteiger partial charge in [0.2, 0.25) is 0 Å². The van der Waals surface area contributed by atoms with Gasteiger partial charge in [0.05, 0.1) is 11.4 Å². The lowest BCUT2D eigenvalue weighted by molar-refractivity contribution is 0.668. The number of hydrogen-bond donors (Lipinski definition) is 0. The Hall–Kier alpha value is -9.16. The number of para-hydroxylation sites is 6. The zero-order chi connectivity index (χ0) is 48.4. The van der Waals surface area contributed by atoms with Crippen LogP contribution in [0.5, 0.6) is 0 Å². The molecule has 0 N–H and O–H groups in total. The smallest absolute Gasteiger partial charge is 0.159 e. The van der Waals surface area contributed by atoms with Crippen LogP contribution in [0.2, 0.25) is 13.1 Å². The summed E-state index contributed by atoms with van der Waals surface area (Å²) >= 11 is 0. The minimum atomic E-state index is -2.30. The van der Waals surface area contributed by atoms with Crippen LogP contribution >= 0.6 is 0 Å². The molecule has 3 heterocycles. The summed E-state index contributed by atoms with van der Waals surface area (Å²) in [4.78, 5) is 4.70. The van der Waals surface area contributed by atoms with Gasteiger partial charge in [0, 0.05) is 44.3 Å². The molecule has 0 saturated carbocycles. The number of furan rings is 2. The molecule has 15 rings (SSSR count). The predicted molar refractivity (Wildman–Crippen MR) is 311 cm³/mol. The van der Waals surface area contributed by atoms with Gasteiger partial charge in [0.15, 0.2) is 11.2 Å². The van der Waals surface area contributed by atoms with E-state index in [9.17, 15) is 0 Å². The molecule has 344 valence electrons. The van der Waals surface area contributed by atoms with Crippen molar-refractivity contribution in [1.29, 1.82) is 0 Å². The summed E-state index contributed by atoms with van der Waals surface area (Å²) in [6.07, 6.45) is 0. The summed E-state index contributed by atoms with van der Waals surface area (Å²) in [5, 5.41) is 15.1. The molecule has 0 spiro atoms. The van der Waals surface area contributed by atoms with Crippen molar-refractivity contribution in [3.8, 4) is 22.3 Å². The van der Waals surface area contributed by atoms with Gasteiger partial charge in [-0.05, 0) is 150 Å². The molecule has 1 aliphatic heterocycles. The first-order chi connectivity index (χ1) is 36.0. The number of benzene rings is 12. The van der Waals surface area contributed by atoms with Crippen LogP contribution in [0, 0.1) is 0 Å². The van der Waals surface area contributed by atoms with Crippen LogP contribution in [0.3, 0.4) is 0 Å². The van der Waals surface area contributed by atoms with E-state index in [1.54, 1.807) is 0 Å². The van der Waals surface area contributed by atoms with Crippen molar-refractivity contribution in [2.24, 2.45) is 0 Å². The van der Waals surface area contributed by atoms with Gasteiger partial charge < -0.3 is 18.6 Å². The molecule has 0 radical (unpaired) electrons. The van der Waals surface area contributed by atoms with Crippen molar-refractivity contribution < 1.29 is 8.83 Å². The normalized spacial score (nSPS) is 12.9. The lowest BCUT2D eigenvalue weighted by Gasteiger charge is -2.35. The van der Waals surface area contributed by atoms with E-state index in [0.717, 1.165) is 78.0 Å².